The van der Waals surface area contributed by atoms with Crippen molar-refractivity contribution in [2.45, 2.75) is 26.7 Å². The molecular weight excluding hydrogens is 304 g/mol. The zero-order chi connectivity index (χ0) is 16.2. The van der Waals surface area contributed by atoms with Crippen molar-refractivity contribution in [1.29, 1.82) is 0 Å². The molecule has 0 aliphatic carbocycles. The Labute approximate surface area is 133 Å². The molecule has 22 heavy (non-hydrogen) atoms. The van der Waals surface area contributed by atoms with Crippen molar-refractivity contribution in [3.05, 3.63) is 0 Å². The third-order valence-electron chi connectivity index (χ3n) is 4.49. The minimum Gasteiger partial charge on any atom is -0.340 e. The summed E-state index contributed by atoms with van der Waals surface area (Å²) in [7, 11) is -3.35. The molecule has 1 unspecified atom stereocenters. The first-order valence-electron chi connectivity index (χ1n) is 8.11. The highest BCUT2D eigenvalue weighted by Gasteiger charge is 2.27. The topological polar surface area (TPSA) is 73.0 Å². The van der Waals surface area contributed by atoms with Gasteiger partial charge in [-0.25, -0.2) is 4.72 Å². The Bertz CT molecular complexity index is 474. The summed E-state index contributed by atoms with van der Waals surface area (Å²) in [5.41, 5.74) is 0. The molecule has 0 spiro atoms. The minimum atomic E-state index is -3.35. The zero-order valence-corrected chi connectivity index (χ0v) is 14.4. The first-order chi connectivity index (χ1) is 10.4. The summed E-state index contributed by atoms with van der Waals surface area (Å²) in [6, 6.07) is 0. The van der Waals surface area contributed by atoms with E-state index in [1.54, 1.807) is 11.2 Å². The average molecular weight is 332 g/mol. The molecule has 0 aromatic carbocycles. The molecule has 2 fully saturated rings. The maximum atomic E-state index is 12.3. The highest BCUT2D eigenvalue weighted by molar-refractivity contribution is 7.87. The van der Waals surface area contributed by atoms with Crippen LogP contribution < -0.4 is 4.72 Å². The van der Waals surface area contributed by atoms with E-state index in [9.17, 15) is 13.2 Å². The molecule has 1 amide bonds. The average Bonchev–Trinajstić information content (AvgIpc) is 2.47. The second-order valence-electron chi connectivity index (χ2n) is 6.35. The lowest BCUT2D eigenvalue weighted by molar-refractivity contribution is -0.130. The fourth-order valence-corrected chi connectivity index (χ4v) is 4.43. The highest BCUT2D eigenvalue weighted by Crippen LogP contribution is 2.17. The Balaban J connectivity index is 1.71. The van der Waals surface area contributed by atoms with Crippen LogP contribution in [-0.4, -0.2) is 80.8 Å². The predicted octanol–water partition coefficient (Wildman–Crippen LogP) is -0.283. The predicted molar refractivity (Wildman–Crippen MR) is 85.6 cm³/mol. The molecule has 128 valence electrons. The van der Waals surface area contributed by atoms with Gasteiger partial charge in [-0.05, 0) is 18.8 Å². The molecule has 2 rings (SSSR count). The Morgan fingerprint density at radius 2 is 1.86 bits per heavy atom. The van der Waals surface area contributed by atoms with Crippen molar-refractivity contribution in [3.8, 4) is 0 Å². The molecule has 7 nitrogen and oxygen atoms in total. The Morgan fingerprint density at radius 1 is 1.18 bits per heavy atom. The van der Waals surface area contributed by atoms with Crippen LogP contribution in [0.25, 0.3) is 0 Å². The van der Waals surface area contributed by atoms with Gasteiger partial charge < -0.3 is 4.90 Å². The SMILES string of the molecule is CC(=O)N1CCN(CCNS(=O)(=O)N2CCCC(C)C2)CC1. The molecule has 1 N–H and O–H groups in total. The molecule has 0 radical (unpaired) electrons. The maximum absolute atomic E-state index is 12.3. The second kappa shape index (κ2) is 7.72. The van der Waals surface area contributed by atoms with Gasteiger partial charge in [-0.15, -0.1) is 0 Å². The first kappa shape index (κ1) is 17.7. The van der Waals surface area contributed by atoms with Gasteiger partial charge in [0.05, 0.1) is 0 Å². The van der Waals surface area contributed by atoms with E-state index in [-0.39, 0.29) is 5.91 Å². The lowest BCUT2D eigenvalue weighted by Crippen LogP contribution is -2.51. The van der Waals surface area contributed by atoms with Crippen LogP contribution in [-0.2, 0) is 15.0 Å². The quantitative estimate of drug-likeness (QED) is 0.751. The van der Waals surface area contributed by atoms with Gasteiger partial charge in [0, 0.05) is 59.3 Å². The third-order valence-corrected chi connectivity index (χ3v) is 6.07. The van der Waals surface area contributed by atoms with Crippen molar-refractivity contribution in [3.63, 3.8) is 0 Å². The molecular formula is C14H28N4O3S. The van der Waals surface area contributed by atoms with E-state index in [0.717, 1.165) is 39.0 Å². The third kappa shape index (κ3) is 4.91. The monoisotopic (exact) mass is 332 g/mol. The van der Waals surface area contributed by atoms with Gasteiger partial charge in [0.2, 0.25) is 5.91 Å². The number of carbonyl (C=O) groups is 1. The smallest absolute Gasteiger partial charge is 0.279 e. The zero-order valence-electron chi connectivity index (χ0n) is 13.6. The lowest BCUT2D eigenvalue weighted by Gasteiger charge is -2.34. The van der Waals surface area contributed by atoms with Crippen molar-refractivity contribution < 1.29 is 13.2 Å². The number of nitrogens with one attached hydrogen (secondary N) is 1. The fraction of sp³-hybridized carbons (Fsp3) is 0.929. The molecule has 0 saturated carbocycles. The summed E-state index contributed by atoms with van der Waals surface area (Å²) in [5, 5.41) is 0. The minimum absolute atomic E-state index is 0.111. The van der Waals surface area contributed by atoms with E-state index in [1.165, 1.54) is 0 Å². The van der Waals surface area contributed by atoms with Gasteiger partial charge in [0.25, 0.3) is 10.2 Å². The number of hydrogen-bond donors (Lipinski definition) is 1. The van der Waals surface area contributed by atoms with E-state index >= 15 is 0 Å². The van der Waals surface area contributed by atoms with Crippen LogP contribution in [0, 0.1) is 5.92 Å². The summed E-state index contributed by atoms with van der Waals surface area (Å²) in [4.78, 5) is 15.3. The standard InChI is InChI=1S/C14H28N4O3S/c1-13-4-3-6-18(12-13)22(20,21)15-5-7-16-8-10-17(11-9-16)14(2)19/h13,15H,3-12H2,1-2H3. The normalized spacial score (nSPS) is 25.4. The van der Waals surface area contributed by atoms with Crippen LogP contribution >= 0.6 is 0 Å². The number of carbonyl (C=O) groups excluding carboxylic acids is 1. The van der Waals surface area contributed by atoms with Gasteiger partial charge in [0.15, 0.2) is 0 Å². The van der Waals surface area contributed by atoms with Crippen LogP contribution in [0.1, 0.15) is 26.7 Å². The highest BCUT2D eigenvalue weighted by atomic mass is 32.2. The molecule has 2 saturated heterocycles. The van der Waals surface area contributed by atoms with Gasteiger partial charge in [0.1, 0.15) is 0 Å². The van der Waals surface area contributed by atoms with Crippen LogP contribution in [0.5, 0.6) is 0 Å². The molecule has 1 atom stereocenters. The van der Waals surface area contributed by atoms with Gasteiger partial charge >= 0.3 is 0 Å². The summed E-state index contributed by atoms with van der Waals surface area (Å²) < 4.78 is 28.8. The van der Waals surface area contributed by atoms with Crippen LogP contribution in [0.15, 0.2) is 0 Å². The summed E-state index contributed by atoms with van der Waals surface area (Å²) in [6.45, 7) is 9.10. The number of piperazine rings is 1. The van der Waals surface area contributed by atoms with Gasteiger partial charge in [-0.3, -0.25) is 9.69 Å². The van der Waals surface area contributed by atoms with Crippen LogP contribution in [0.2, 0.25) is 0 Å². The molecule has 0 bridgehead atoms. The van der Waals surface area contributed by atoms with Gasteiger partial charge in [-0.2, -0.15) is 12.7 Å². The first-order valence-corrected chi connectivity index (χ1v) is 9.55. The molecule has 2 aliphatic rings. The van der Waals surface area contributed by atoms with Crippen LogP contribution in [0.3, 0.4) is 0 Å². The lowest BCUT2D eigenvalue weighted by atomic mass is 10.0. The van der Waals surface area contributed by atoms with E-state index in [0.29, 0.717) is 32.1 Å². The number of rotatable bonds is 5. The molecule has 0 aromatic rings. The van der Waals surface area contributed by atoms with E-state index < -0.39 is 10.2 Å². The van der Waals surface area contributed by atoms with Crippen molar-refractivity contribution in [1.82, 2.24) is 18.8 Å². The van der Waals surface area contributed by atoms with Crippen molar-refractivity contribution in [2.75, 3.05) is 52.4 Å². The molecule has 0 aromatic heterocycles. The number of hydrogen-bond acceptors (Lipinski definition) is 4. The second-order valence-corrected chi connectivity index (χ2v) is 8.11. The van der Waals surface area contributed by atoms with Crippen molar-refractivity contribution in [2.24, 2.45) is 5.92 Å². The molecule has 8 heteroatoms. The molecule has 2 heterocycles. The Kier molecular flexibility index (Phi) is 6.19. The number of amides is 1. The summed E-state index contributed by atoms with van der Waals surface area (Å²) >= 11 is 0. The molecule has 2 aliphatic heterocycles. The summed E-state index contributed by atoms with van der Waals surface area (Å²) in [6.07, 6.45) is 2.04. The van der Waals surface area contributed by atoms with E-state index in [1.807, 2.05) is 4.90 Å². The largest absolute Gasteiger partial charge is 0.340 e. The Hall–Kier alpha value is -0.700. The van der Waals surface area contributed by atoms with E-state index in [4.69, 9.17) is 0 Å². The van der Waals surface area contributed by atoms with Gasteiger partial charge in [-0.1, -0.05) is 6.92 Å². The van der Waals surface area contributed by atoms with Crippen LogP contribution in [0.4, 0.5) is 0 Å². The number of piperidine rings is 1. The fourth-order valence-electron chi connectivity index (χ4n) is 3.08. The maximum Gasteiger partial charge on any atom is 0.279 e. The van der Waals surface area contributed by atoms with Crippen molar-refractivity contribution >= 4 is 16.1 Å². The van der Waals surface area contributed by atoms with E-state index in [2.05, 4.69) is 16.5 Å². The summed E-state index contributed by atoms with van der Waals surface area (Å²) in [5.74, 6) is 0.546. The Morgan fingerprint density at radius 3 is 2.45 bits per heavy atom. The number of nitrogens with zero attached hydrogens (tertiary/aromatic N) is 3.